The molecule has 2 aromatic carbocycles. The molecule has 1 amide bonds. The molecule has 0 saturated heterocycles. The summed E-state index contributed by atoms with van der Waals surface area (Å²) in [6.07, 6.45) is 0.392. The highest BCUT2D eigenvalue weighted by Gasteiger charge is 2.55. The summed E-state index contributed by atoms with van der Waals surface area (Å²) in [6, 6.07) is 10.9. The standard InChI is InChI=1S/C20H19Cl2N3O2/c1-19(2)10-20(17(26)25(3)18(23)24-20)14-8-11(4-7-16(14)27-19)13-9-12(21)5-6-15(13)22/h4-9H,10H2,1-3H3,(H2,23,24). The number of ether oxygens (including phenoxy) is 1. The molecule has 2 N–H and O–H groups in total. The van der Waals surface area contributed by atoms with Gasteiger partial charge in [-0.25, -0.2) is 4.99 Å². The molecule has 2 heterocycles. The number of rotatable bonds is 1. The van der Waals surface area contributed by atoms with E-state index >= 15 is 0 Å². The van der Waals surface area contributed by atoms with Crippen molar-refractivity contribution in [1.29, 1.82) is 0 Å². The summed E-state index contributed by atoms with van der Waals surface area (Å²) >= 11 is 12.5. The SMILES string of the molecule is CN1C(=O)C2(CC(C)(C)Oc3ccc(-c4cc(Cl)ccc4Cl)cc32)N=C1N. The second-order valence-electron chi connectivity index (χ2n) is 7.57. The molecule has 2 aliphatic rings. The molecule has 0 saturated carbocycles. The molecule has 1 spiro atoms. The number of aliphatic imine (C=N–C) groups is 1. The normalized spacial score (nSPS) is 23.2. The molecule has 5 nitrogen and oxygen atoms in total. The molecule has 2 aliphatic heterocycles. The van der Waals surface area contributed by atoms with Crippen LogP contribution >= 0.6 is 23.2 Å². The minimum absolute atomic E-state index is 0.160. The van der Waals surface area contributed by atoms with Crippen molar-refractivity contribution in [2.75, 3.05) is 7.05 Å². The van der Waals surface area contributed by atoms with Gasteiger partial charge in [0.25, 0.3) is 5.91 Å². The summed E-state index contributed by atoms with van der Waals surface area (Å²) in [5.41, 5.74) is 6.63. The Hall–Kier alpha value is -2.24. The van der Waals surface area contributed by atoms with E-state index in [1.807, 2.05) is 32.0 Å². The zero-order valence-electron chi connectivity index (χ0n) is 15.2. The molecule has 2 aromatic rings. The number of hydrogen-bond donors (Lipinski definition) is 1. The first-order valence-corrected chi connectivity index (χ1v) is 9.31. The van der Waals surface area contributed by atoms with Gasteiger partial charge in [0, 0.05) is 34.6 Å². The third-order valence-corrected chi connectivity index (χ3v) is 5.60. The number of nitrogens with zero attached hydrogens (tertiary/aromatic N) is 2. The van der Waals surface area contributed by atoms with Crippen LogP contribution in [0, 0.1) is 0 Å². The van der Waals surface area contributed by atoms with E-state index < -0.39 is 11.1 Å². The van der Waals surface area contributed by atoms with Crippen LogP contribution in [0.3, 0.4) is 0 Å². The number of nitrogens with two attached hydrogens (primary N) is 1. The molecule has 27 heavy (non-hydrogen) atoms. The van der Waals surface area contributed by atoms with Crippen LogP contribution in [0.1, 0.15) is 25.8 Å². The Kier molecular flexibility index (Phi) is 3.95. The van der Waals surface area contributed by atoms with Crippen LogP contribution in [0.4, 0.5) is 0 Å². The Bertz CT molecular complexity index is 1000. The van der Waals surface area contributed by atoms with Crippen LogP contribution in [0.5, 0.6) is 5.75 Å². The van der Waals surface area contributed by atoms with Gasteiger partial charge in [0.2, 0.25) is 0 Å². The first-order chi connectivity index (χ1) is 12.6. The van der Waals surface area contributed by atoms with Gasteiger partial charge in [0.15, 0.2) is 11.5 Å². The zero-order chi connectivity index (χ0) is 19.6. The third kappa shape index (κ3) is 2.77. The van der Waals surface area contributed by atoms with Gasteiger partial charge in [-0.1, -0.05) is 29.3 Å². The van der Waals surface area contributed by atoms with Gasteiger partial charge in [0.05, 0.1) is 0 Å². The highest BCUT2D eigenvalue weighted by Crippen LogP contribution is 2.50. The lowest BCUT2D eigenvalue weighted by Crippen LogP contribution is -2.49. The summed E-state index contributed by atoms with van der Waals surface area (Å²) in [5.74, 6) is 0.662. The highest BCUT2D eigenvalue weighted by atomic mass is 35.5. The predicted molar refractivity (Wildman–Crippen MR) is 107 cm³/mol. The molecule has 7 heteroatoms. The van der Waals surface area contributed by atoms with Crippen molar-refractivity contribution in [3.05, 3.63) is 52.0 Å². The molecule has 4 rings (SSSR count). The number of likely N-dealkylation sites (N-methyl/N-ethyl adjacent to an activating group) is 1. The van der Waals surface area contributed by atoms with E-state index in [1.54, 1.807) is 25.2 Å². The number of halogens is 2. The number of carbonyl (C=O) groups is 1. The van der Waals surface area contributed by atoms with Crippen molar-refractivity contribution in [3.8, 4) is 16.9 Å². The van der Waals surface area contributed by atoms with E-state index in [-0.39, 0.29) is 11.9 Å². The lowest BCUT2D eigenvalue weighted by atomic mass is 9.77. The number of carbonyl (C=O) groups excluding carboxylic acids is 1. The van der Waals surface area contributed by atoms with Gasteiger partial charge in [-0.2, -0.15) is 0 Å². The van der Waals surface area contributed by atoms with E-state index in [9.17, 15) is 4.79 Å². The van der Waals surface area contributed by atoms with Gasteiger partial charge in [-0.3, -0.25) is 9.69 Å². The first-order valence-electron chi connectivity index (χ1n) is 8.55. The van der Waals surface area contributed by atoms with Gasteiger partial charge in [-0.05, 0) is 49.7 Å². The van der Waals surface area contributed by atoms with Gasteiger partial charge < -0.3 is 10.5 Å². The molecule has 1 atom stereocenters. The second-order valence-corrected chi connectivity index (χ2v) is 8.41. The van der Waals surface area contributed by atoms with Crippen LogP contribution in [0.15, 0.2) is 41.4 Å². The maximum atomic E-state index is 13.1. The van der Waals surface area contributed by atoms with E-state index in [4.69, 9.17) is 33.7 Å². The molecule has 0 bridgehead atoms. The smallest absolute Gasteiger partial charge is 0.261 e. The van der Waals surface area contributed by atoms with E-state index in [0.717, 1.165) is 11.1 Å². The van der Waals surface area contributed by atoms with E-state index in [0.29, 0.717) is 27.8 Å². The van der Waals surface area contributed by atoms with Crippen molar-refractivity contribution >= 4 is 35.1 Å². The third-order valence-electron chi connectivity index (χ3n) is 5.04. The number of guanidine groups is 1. The highest BCUT2D eigenvalue weighted by molar-refractivity contribution is 6.35. The fraction of sp³-hybridized carbons (Fsp3) is 0.300. The monoisotopic (exact) mass is 403 g/mol. The van der Waals surface area contributed by atoms with Crippen molar-refractivity contribution in [2.45, 2.75) is 31.4 Å². The predicted octanol–water partition coefficient (Wildman–Crippen LogP) is 4.20. The molecule has 0 aromatic heterocycles. The van der Waals surface area contributed by atoms with E-state index in [2.05, 4.69) is 4.99 Å². The van der Waals surface area contributed by atoms with Crippen molar-refractivity contribution in [2.24, 2.45) is 10.7 Å². The molecular weight excluding hydrogens is 385 g/mol. The Labute approximate surface area is 167 Å². The largest absolute Gasteiger partial charge is 0.487 e. The summed E-state index contributed by atoms with van der Waals surface area (Å²) in [5, 5.41) is 1.15. The minimum atomic E-state index is -1.10. The maximum absolute atomic E-state index is 13.1. The molecule has 0 radical (unpaired) electrons. The van der Waals surface area contributed by atoms with Crippen molar-refractivity contribution in [1.82, 2.24) is 4.90 Å². The fourth-order valence-corrected chi connectivity index (χ4v) is 4.26. The van der Waals surface area contributed by atoms with E-state index in [1.165, 1.54) is 4.90 Å². The van der Waals surface area contributed by atoms with Gasteiger partial charge in [0.1, 0.15) is 11.4 Å². The number of hydrogen-bond acceptors (Lipinski definition) is 4. The molecule has 1 unspecified atom stereocenters. The minimum Gasteiger partial charge on any atom is -0.487 e. The quantitative estimate of drug-likeness (QED) is 0.775. The van der Waals surface area contributed by atoms with Crippen LogP contribution in [-0.4, -0.2) is 29.4 Å². The fourth-order valence-electron chi connectivity index (χ4n) is 3.86. The molecule has 140 valence electrons. The Morgan fingerprint density at radius 3 is 2.59 bits per heavy atom. The lowest BCUT2D eigenvalue weighted by Gasteiger charge is -2.41. The Morgan fingerprint density at radius 2 is 1.93 bits per heavy atom. The Balaban J connectivity index is 1.95. The maximum Gasteiger partial charge on any atom is 0.261 e. The van der Waals surface area contributed by atoms with Crippen molar-refractivity contribution in [3.63, 3.8) is 0 Å². The molecule has 0 fully saturated rings. The van der Waals surface area contributed by atoms with Crippen LogP contribution < -0.4 is 10.5 Å². The lowest BCUT2D eigenvalue weighted by molar-refractivity contribution is -0.133. The topological polar surface area (TPSA) is 67.9 Å². The summed E-state index contributed by atoms with van der Waals surface area (Å²) < 4.78 is 6.13. The average Bonchev–Trinajstić information content (AvgIpc) is 2.80. The van der Waals surface area contributed by atoms with Gasteiger partial charge in [-0.15, -0.1) is 0 Å². The number of amides is 1. The average molecular weight is 404 g/mol. The van der Waals surface area contributed by atoms with Crippen molar-refractivity contribution < 1.29 is 9.53 Å². The summed E-state index contributed by atoms with van der Waals surface area (Å²) in [7, 11) is 1.63. The first kappa shape index (κ1) is 18.1. The number of benzene rings is 2. The van der Waals surface area contributed by atoms with Crippen LogP contribution in [0.2, 0.25) is 10.0 Å². The number of fused-ring (bicyclic) bond motifs is 2. The summed E-state index contributed by atoms with van der Waals surface area (Å²) in [6.45, 7) is 3.88. The van der Waals surface area contributed by atoms with Gasteiger partial charge >= 0.3 is 0 Å². The van der Waals surface area contributed by atoms with Crippen LogP contribution in [0.25, 0.3) is 11.1 Å². The summed E-state index contributed by atoms with van der Waals surface area (Å²) in [4.78, 5) is 19.1. The second kappa shape index (κ2) is 5.88. The molecular formula is C20H19Cl2N3O2. The van der Waals surface area contributed by atoms with Crippen LogP contribution in [-0.2, 0) is 10.3 Å². The Morgan fingerprint density at radius 1 is 1.19 bits per heavy atom. The molecule has 0 aliphatic carbocycles. The zero-order valence-corrected chi connectivity index (χ0v) is 16.7.